The van der Waals surface area contributed by atoms with Gasteiger partial charge in [0.05, 0.1) is 5.54 Å². The van der Waals surface area contributed by atoms with Crippen LogP contribution in [0.1, 0.15) is 25.0 Å². The maximum Gasteiger partial charge on any atom is 0.244 e. The van der Waals surface area contributed by atoms with Gasteiger partial charge in [0.1, 0.15) is 10.7 Å². The lowest BCUT2D eigenvalue weighted by atomic mass is 9.77. The number of aromatic amines is 1. The van der Waals surface area contributed by atoms with Gasteiger partial charge in [0.2, 0.25) is 11.9 Å². The van der Waals surface area contributed by atoms with Gasteiger partial charge in [-0.25, -0.2) is 9.97 Å². The second kappa shape index (κ2) is 7.71. The van der Waals surface area contributed by atoms with Crippen LogP contribution in [0.3, 0.4) is 0 Å². The Labute approximate surface area is 182 Å². The molecule has 1 aliphatic carbocycles. The van der Waals surface area contributed by atoms with E-state index in [-0.39, 0.29) is 5.91 Å². The predicted molar refractivity (Wildman–Crippen MR) is 120 cm³/mol. The number of aromatic nitrogens is 5. The van der Waals surface area contributed by atoms with E-state index < -0.39 is 5.54 Å². The molecular formula is C21H22N8OS. The second-order valence-corrected chi connectivity index (χ2v) is 8.82. The molecule has 31 heavy (non-hydrogen) atoms. The van der Waals surface area contributed by atoms with Crippen LogP contribution in [0.5, 0.6) is 0 Å². The fourth-order valence-electron chi connectivity index (χ4n) is 3.41. The first-order valence-electron chi connectivity index (χ1n) is 10.00. The average Bonchev–Trinajstić information content (AvgIpc) is 3.36. The zero-order chi connectivity index (χ0) is 21.4. The number of imidazole rings is 1. The van der Waals surface area contributed by atoms with Crippen LogP contribution < -0.4 is 16.4 Å². The van der Waals surface area contributed by atoms with Crippen molar-refractivity contribution in [3.63, 3.8) is 0 Å². The van der Waals surface area contributed by atoms with Crippen LogP contribution in [0, 0.1) is 6.92 Å². The molecule has 0 bridgehead atoms. The Balaban J connectivity index is 1.33. The van der Waals surface area contributed by atoms with Crippen molar-refractivity contribution in [1.29, 1.82) is 0 Å². The third-order valence-electron chi connectivity index (χ3n) is 5.34. The van der Waals surface area contributed by atoms with E-state index in [0.29, 0.717) is 11.8 Å². The van der Waals surface area contributed by atoms with Crippen LogP contribution in [-0.4, -0.2) is 36.0 Å². The molecule has 10 heteroatoms. The summed E-state index contributed by atoms with van der Waals surface area (Å²) in [7, 11) is 0. The third kappa shape index (κ3) is 3.99. The lowest BCUT2D eigenvalue weighted by Crippen LogP contribution is -2.56. The van der Waals surface area contributed by atoms with E-state index in [1.165, 1.54) is 11.8 Å². The van der Waals surface area contributed by atoms with Crippen LogP contribution in [-0.2, 0) is 4.79 Å². The maximum absolute atomic E-state index is 12.3. The number of benzene rings is 1. The number of carbonyl (C=O) groups excluding carboxylic acids is 1. The van der Waals surface area contributed by atoms with E-state index in [1.54, 1.807) is 6.20 Å². The standard InChI is InChI=1S/C21H22N8OS/c1-13-11-16(28-27-13)25-20-26-18(12-17-23-9-10-29(17)20)31-15-5-3-14(4-6-15)24-19(30)21(22)7-2-8-21/h3-6,9-12H,2,7-8,22H2,1H3,(H,24,30)(H2,25,26,27,28). The second-order valence-electron chi connectivity index (χ2n) is 7.72. The highest BCUT2D eigenvalue weighted by atomic mass is 32.2. The van der Waals surface area contributed by atoms with E-state index in [4.69, 9.17) is 10.7 Å². The van der Waals surface area contributed by atoms with Gasteiger partial charge in [-0.05, 0) is 50.5 Å². The molecule has 5 N–H and O–H groups in total. The van der Waals surface area contributed by atoms with Gasteiger partial charge in [-0.2, -0.15) is 5.10 Å². The summed E-state index contributed by atoms with van der Waals surface area (Å²) < 4.78 is 1.87. The summed E-state index contributed by atoms with van der Waals surface area (Å²) in [5, 5.41) is 14.1. The number of H-pyrrole nitrogens is 1. The maximum atomic E-state index is 12.3. The van der Waals surface area contributed by atoms with Gasteiger partial charge < -0.3 is 16.4 Å². The quantitative estimate of drug-likeness (QED) is 0.342. The molecule has 1 saturated carbocycles. The molecule has 0 aliphatic heterocycles. The first-order chi connectivity index (χ1) is 15.0. The smallest absolute Gasteiger partial charge is 0.244 e. The van der Waals surface area contributed by atoms with Crippen molar-refractivity contribution in [2.45, 2.75) is 41.6 Å². The number of rotatable bonds is 6. The molecule has 0 unspecified atom stereocenters. The Morgan fingerprint density at radius 3 is 2.74 bits per heavy atom. The molecule has 0 spiro atoms. The van der Waals surface area contributed by atoms with Crippen molar-refractivity contribution >= 4 is 40.8 Å². The summed E-state index contributed by atoms with van der Waals surface area (Å²) in [6, 6.07) is 11.5. The molecule has 0 atom stereocenters. The molecule has 0 radical (unpaired) electrons. The van der Waals surface area contributed by atoms with Gasteiger partial charge in [-0.1, -0.05) is 11.8 Å². The Kier molecular flexibility index (Phi) is 4.87. The van der Waals surface area contributed by atoms with Gasteiger partial charge in [0, 0.05) is 40.8 Å². The number of aryl methyl sites for hydroxylation is 1. The number of nitrogens with one attached hydrogen (secondary N) is 3. The first-order valence-corrected chi connectivity index (χ1v) is 10.8. The molecule has 1 fully saturated rings. The molecule has 3 aromatic heterocycles. The number of anilines is 3. The monoisotopic (exact) mass is 434 g/mol. The molecule has 9 nitrogen and oxygen atoms in total. The highest BCUT2D eigenvalue weighted by Crippen LogP contribution is 2.32. The van der Waals surface area contributed by atoms with Crippen molar-refractivity contribution in [2.75, 3.05) is 10.6 Å². The fourth-order valence-corrected chi connectivity index (χ4v) is 4.22. The lowest BCUT2D eigenvalue weighted by molar-refractivity contribution is -0.123. The number of hydrogen-bond donors (Lipinski definition) is 4. The summed E-state index contributed by atoms with van der Waals surface area (Å²) in [5.41, 5.74) is 7.85. The molecule has 5 rings (SSSR count). The summed E-state index contributed by atoms with van der Waals surface area (Å²) in [4.78, 5) is 22.4. The fraction of sp³-hybridized carbons (Fsp3) is 0.238. The van der Waals surface area contributed by atoms with E-state index in [9.17, 15) is 4.79 Å². The van der Waals surface area contributed by atoms with Gasteiger partial charge >= 0.3 is 0 Å². The van der Waals surface area contributed by atoms with Crippen LogP contribution in [0.25, 0.3) is 5.65 Å². The molecule has 0 saturated heterocycles. The third-order valence-corrected chi connectivity index (χ3v) is 6.27. The van der Waals surface area contributed by atoms with Gasteiger partial charge in [-0.3, -0.25) is 14.3 Å². The minimum Gasteiger partial charge on any atom is -0.324 e. The molecule has 1 aliphatic rings. The van der Waals surface area contributed by atoms with Crippen molar-refractivity contribution in [1.82, 2.24) is 24.6 Å². The predicted octanol–water partition coefficient (Wildman–Crippen LogP) is 3.48. The largest absolute Gasteiger partial charge is 0.324 e. The van der Waals surface area contributed by atoms with Gasteiger partial charge in [0.25, 0.3) is 0 Å². The van der Waals surface area contributed by atoms with Gasteiger partial charge in [-0.15, -0.1) is 0 Å². The molecule has 158 valence electrons. The minimum absolute atomic E-state index is 0.116. The van der Waals surface area contributed by atoms with E-state index in [2.05, 4.69) is 25.8 Å². The number of hydrogen-bond acceptors (Lipinski definition) is 7. The van der Waals surface area contributed by atoms with Crippen molar-refractivity contribution in [3.8, 4) is 0 Å². The number of nitrogens with two attached hydrogens (primary N) is 1. The highest BCUT2D eigenvalue weighted by Gasteiger charge is 2.40. The normalized spacial score (nSPS) is 14.9. The van der Waals surface area contributed by atoms with Crippen LogP contribution in [0.15, 0.2) is 58.7 Å². The molecule has 1 amide bonds. The first kappa shape index (κ1) is 19.6. The SMILES string of the molecule is Cc1cc(Nc2nc(Sc3ccc(NC(=O)C4(N)CCC4)cc3)cc3nccn23)n[nH]1. The number of amides is 1. The Morgan fingerprint density at radius 1 is 1.26 bits per heavy atom. The van der Waals surface area contributed by atoms with E-state index >= 15 is 0 Å². The number of carbonyl (C=O) groups is 1. The average molecular weight is 435 g/mol. The Morgan fingerprint density at radius 2 is 2.06 bits per heavy atom. The zero-order valence-electron chi connectivity index (χ0n) is 16.9. The molecular weight excluding hydrogens is 412 g/mol. The Hall–Kier alpha value is -3.37. The Bertz CT molecular complexity index is 1240. The summed E-state index contributed by atoms with van der Waals surface area (Å²) in [5.74, 6) is 1.20. The summed E-state index contributed by atoms with van der Waals surface area (Å²) >= 11 is 1.51. The van der Waals surface area contributed by atoms with Gasteiger partial charge in [0.15, 0.2) is 5.82 Å². The summed E-state index contributed by atoms with van der Waals surface area (Å²) in [6.07, 6.45) is 6.06. The van der Waals surface area contributed by atoms with Crippen LogP contribution >= 0.6 is 11.8 Å². The number of nitrogens with zero attached hydrogens (tertiary/aromatic N) is 4. The highest BCUT2D eigenvalue weighted by molar-refractivity contribution is 7.99. The molecule has 1 aromatic carbocycles. The molecule has 4 aromatic rings. The zero-order valence-corrected chi connectivity index (χ0v) is 17.7. The topological polar surface area (TPSA) is 126 Å². The van der Waals surface area contributed by atoms with E-state index in [1.807, 2.05) is 53.9 Å². The molecule has 3 heterocycles. The minimum atomic E-state index is -0.715. The van der Waals surface area contributed by atoms with Crippen molar-refractivity contribution < 1.29 is 4.79 Å². The van der Waals surface area contributed by atoms with E-state index in [0.717, 1.165) is 46.2 Å². The van der Waals surface area contributed by atoms with Crippen LogP contribution in [0.4, 0.5) is 17.5 Å². The van der Waals surface area contributed by atoms with Crippen molar-refractivity contribution in [2.24, 2.45) is 5.73 Å². The summed E-state index contributed by atoms with van der Waals surface area (Å²) in [6.45, 7) is 1.94. The van der Waals surface area contributed by atoms with Crippen LogP contribution in [0.2, 0.25) is 0 Å². The number of fused-ring (bicyclic) bond motifs is 1. The van der Waals surface area contributed by atoms with Crippen molar-refractivity contribution in [3.05, 3.63) is 54.5 Å². The lowest BCUT2D eigenvalue weighted by Gasteiger charge is -2.36.